The van der Waals surface area contributed by atoms with Crippen LogP contribution in [0.1, 0.15) is 59.3 Å². The molecule has 1 saturated carbocycles. The Morgan fingerprint density at radius 2 is 1.74 bits per heavy atom. The number of piperidine rings is 1. The summed E-state index contributed by atoms with van der Waals surface area (Å²) >= 11 is 0. The van der Waals surface area contributed by atoms with Gasteiger partial charge in [0, 0.05) is 38.1 Å². The lowest BCUT2D eigenvalue weighted by Gasteiger charge is -2.37. The SMILES string of the molecule is CC(C)(C)OC(=O)NC1CC(NCCC(=O)N2CCCCC2)C1. The van der Waals surface area contributed by atoms with E-state index in [4.69, 9.17) is 4.74 Å². The first-order valence-corrected chi connectivity index (χ1v) is 8.84. The van der Waals surface area contributed by atoms with E-state index in [9.17, 15) is 9.59 Å². The quantitative estimate of drug-likeness (QED) is 0.811. The van der Waals surface area contributed by atoms with Crippen molar-refractivity contribution in [2.24, 2.45) is 0 Å². The second-order valence-electron chi connectivity index (χ2n) is 7.66. The van der Waals surface area contributed by atoms with E-state index in [1.54, 1.807) is 0 Å². The first kappa shape index (κ1) is 18.0. The molecule has 2 aliphatic rings. The Balaban J connectivity index is 1.52. The number of ether oxygens (including phenoxy) is 1. The highest BCUT2D eigenvalue weighted by Crippen LogP contribution is 2.20. The highest BCUT2D eigenvalue weighted by Gasteiger charge is 2.31. The fourth-order valence-corrected chi connectivity index (χ4v) is 3.06. The molecule has 0 atom stereocenters. The summed E-state index contributed by atoms with van der Waals surface area (Å²) in [4.78, 5) is 25.7. The van der Waals surface area contributed by atoms with Crippen molar-refractivity contribution in [3.63, 3.8) is 0 Å². The first-order valence-electron chi connectivity index (χ1n) is 8.84. The van der Waals surface area contributed by atoms with Crippen molar-refractivity contribution in [3.05, 3.63) is 0 Å². The summed E-state index contributed by atoms with van der Waals surface area (Å²) < 4.78 is 5.24. The predicted octanol–water partition coefficient (Wildman–Crippen LogP) is 2.03. The van der Waals surface area contributed by atoms with Gasteiger partial charge in [0.15, 0.2) is 0 Å². The van der Waals surface area contributed by atoms with Gasteiger partial charge in [-0.2, -0.15) is 0 Å². The van der Waals surface area contributed by atoms with Gasteiger partial charge in [0.05, 0.1) is 0 Å². The maximum absolute atomic E-state index is 12.0. The van der Waals surface area contributed by atoms with Crippen LogP contribution in [-0.2, 0) is 9.53 Å². The molecule has 132 valence electrons. The molecule has 0 radical (unpaired) electrons. The van der Waals surface area contributed by atoms with E-state index in [0.29, 0.717) is 12.5 Å². The van der Waals surface area contributed by atoms with E-state index in [-0.39, 0.29) is 18.0 Å². The Morgan fingerprint density at radius 3 is 2.35 bits per heavy atom. The predicted molar refractivity (Wildman–Crippen MR) is 89.2 cm³/mol. The number of carbonyl (C=O) groups is 2. The number of carbonyl (C=O) groups excluding carboxylic acids is 2. The molecular weight excluding hydrogens is 294 g/mol. The molecule has 1 heterocycles. The highest BCUT2D eigenvalue weighted by molar-refractivity contribution is 5.76. The Morgan fingerprint density at radius 1 is 1.09 bits per heavy atom. The third-order valence-electron chi connectivity index (χ3n) is 4.34. The van der Waals surface area contributed by atoms with Crippen LogP contribution in [0.25, 0.3) is 0 Å². The number of likely N-dealkylation sites (tertiary alicyclic amines) is 1. The number of nitrogens with zero attached hydrogens (tertiary/aromatic N) is 1. The zero-order chi connectivity index (χ0) is 16.9. The molecule has 2 amide bonds. The largest absolute Gasteiger partial charge is 0.444 e. The molecule has 1 saturated heterocycles. The Kier molecular flexibility index (Phi) is 6.27. The second kappa shape index (κ2) is 7.99. The molecular formula is C17H31N3O3. The molecule has 6 nitrogen and oxygen atoms in total. The second-order valence-corrected chi connectivity index (χ2v) is 7.66. The Hall–Kier alpha value is -1.30. The van der Waals surface area contributed by atoms with Crippen molar-refractivity contribution in [3.8, 4) is 0 Å². The summed E-state index contributed by atoms with van der Waals surface area (Å²) in [6, 6.07) is 0.573. The lowest BCUT2D eigenvalue weighted by molar-refractivity contribution is -0.132. The van der Waals surface area contributed by atoms with Crippen molar-refractivity contribution in [2.45, 2.75) is 77.0 Å². The summed E-state index contributed by atoms with van der Waals surface area (Å²) in [5.41, 5.74) is -0.458. The third-order valence-corrected chi connectivity index (χ3v) is 4.34. The van der Waals surface area contributed by atoms with Crippen molar-refractivity contribution < 1.29 is 14.3 Å². The molecule has 0 bridgehead atoms. The molecule has 6 heteroatoms. The fraction of sp³-hybridized carbons (Fsp3) is 0.882. The molecule has 0 unspecified atom stereocenters. The van der Waals surface area contributed by atoms with Gasteiger partial charge in [-0.25, -0.2) is 4.79 Å². The average Bonchev–Trinajstić information content (AvgIpc) is 2.43. The van der Waals surface area contributed by atoms with Crippen LogP contribution in [0.4, 0.5) is 4.79 Å². The lowest BCUT2D eigenvalue weighted by Crippen LogP contribution is -2.53. The first-order chi connectivity index (χ1) is 10.8. The molecule has 1 aliphatic heterocycles. The summed E-state index contributed by atoms with van der Waals surface area (Å²) in [5.74, 6) is 0.264. The van der Waals surface area contributed by atoms with Gasteiger partial charge in [0.2, 0.25) is 5.91 Å². The number of amides is 2. The van der Waals surface area contributed by atoms with E-state index in [2.05, 4.69) is 10.6 Å². The molecule has 1 aliphatic carbocycles. The molecule has 0 spiro atoms. The molecule has 0 aromatic rings. The molecule has 0 aromatic heterocycles. The monoisotopic (exact) mass is 325 g/mol. The minimum Gasteiger partial charge on any atom is -0.444 e. The number of hydrogen-bond acceptors (Lipinski definition) is 4. The normalized spacial score (nSPS) is 24.7. The third kappa shape index (κ3) is 6.37. The highest BCUT2D eigenvalue weighted by atomic mass is 16.6. The number of nitrogens with one attached hydrogen (secondary N) is 2. The Labute approximate surface area is 139 Å². The van der Waals surface area contributed by atoms with Crippen LogP contribution in [0.2, 0.25) is 0 Å². The van der Waals surface area contributed by atoms with Crippen LogP contribution < -0.4 is 10.6 Å². The standard InChI is InChI=1S/C17H31N3O3/c1-17(2,3)23-16(22)19-14-11-13(12-14)18-8-7-15(21)20-9-5-4-6-10-20/h13-14,18H,4-12H2,1-3H3,(H,19,22). The van der Waals surface area contributed by atoms with Crippen LogP contribution in [0, 0.1) is 0 Å². The van der Waals surface area contributed by atoms with E-state index >= 15 is 0 Å². The van der Waals surface area contributed by atoms with Crippen LogP contribution in [-0.4, -0.2) is 54.2 Å². The van der Waals surface area contributed by atoms with Crippen molar-refractivity contribution in [1.29, 1.82) is 0 Å². The maximum atomic E-state index is 12.0. The van der Waals surface area contributed by atoms with E-state index in [1.807, 2.05) is 25.7 Å². The van der Waals surface area contributed by atoms with Crippen LogP contribution in [0.15, 0.2) is 0 Å². The topological polar surface area (TPSA) is 70.7 Å². The maximum Gasteiger partial charge on any atom is 0.407 e. The van der Waals surface area contributed by atoms with Gasteiger partial charge < -0.3 is 20.3 Å². The minimum atomic E-state index is -0.458. The number of alkyl carbamates (subject to hydrolysis) is 1. The molecule has 2 N–H and O–H groups in total. The average molecular weight is 325 g/mol. The van der Waals surface area contributed by atoms with Gasteiger partial charge in [-0.05, 0) is 52.9 Å². The molecule has 0 aromatic carbocycles. The lowest BCUT2D eigenvalue weighted by atomic mass is 9.87. The summed E-state index contributed by atoms with van der Waals surface area (Å²) in [5, 5.41) is 6.28. The number of hydrogen-bond donors (Lipinski definition) is 2. The van der Waals surface area contributed by atoms with Crippen LogP contribution in [0.5, 0.6) is 0 Å². The van der Waals surface area contributed by atoms with Crippen molar-refractivity contribution in [1.82, 2.24) is 15.5 Å². The van der Waals surface area contributed by atoms with E-state index in [0.717, 1.165) is 45.3 Å². The summed E-state index contributed by atoms with van der Waals surface area (Å²) in [6.45, 7) is 8.14. The minimum absolute atomic E-state index is 0.181. The van der Waals surface area contributed by atoms with Crippen molar-refractivity contribution >= 4 is 12.0 Å². The molecule has 2 fully saturated rings. The smallest absolute Gasteiger partial charge is 0.407 e. The fourth-order valence-electron chi connectivity index (χ4n) is 3.06. The zero-order valence-corrected chi connectivity index (χ0v) is 14.7. The molecule has 2 rings (SSSR count). The van der Waals surface area contributed by atoms with Gasteiger partial charge in [0.25, 0.3) is 0 Å². The van der Waals surface area contributed by atoms with Gasteiger partial charge in [-0.1, -0.05) is 0 Å². The summed E-state index contributed by atoms with van der Waals surface area (Å²) in [7, 11) is 0. The van der Waals surface area contributed by atoms with Gasteiger partial charge in [-0.15, -0.1) is 0 Å². The van der Waals surface area contributed by atoms with E-state index < -0.39 is 5.60 Å². The zero-order valence-electron chi connectivity index (χ0n) is 14.7. The van der Waals surface area contributed by atoms with E-state index in [1.165, 1.54) is 6.42 Å². The van der Waals surface area contributed by atoms with Crippen LogP contribution >= 0.6 is 0 Å². The Bertz CT molecular complexity index is 408. The van der Waals surface area contributed by atoms with Crippen LogP contribution in [0.3, 0.4) is 0 Å². The van der Waals surface area contributed by atoms with Gasteiger partial charge in [0.1, 0.15) is 5.60 Å². The summed E-state index contributed by atoms with van der Waals surface area (Å²) in [6.07, 6.45) is 5.55. The van der Waals surface area contributed by atoms with Gasteiger partial charge >= 0.3 is 6.09 Å². The molecule has 23 heavy (non-hydrogen) atoms. The number of rotatable bonds is 5. The van der Waals surface area contributed by atoms with Crippen molar-refractivity contribution in [2.75, 3.05) is 19.6 Å². The van der Waals surface area contributed by atoms with Gasteiger partial charge in [-0.3, -0.25) is 4.79 Å².